The van der Waals surface area contributed by atoms with Gasteiger partial charge in [0.05, 0.1) is 19.1 Å². The summed E-state index contributed by atoms with van der Waals surface area (Å²) in [6, 6.07) is 29.6. The van der Waals surface area contributed by atoms with Crippen LogP contribution < -0.4 is 5.32 Å². The van der Waals surface area contributed by atoms with Gasteiger partial charge in [0.2, 0.25) is 0 Å². The lowest BCUT2D eigenvalue weighted by atomic mass is 9.76. The fourth-order valence-electron chi connectivity index (χ4n) is 3.79. The molecule has 0 aliphatic rings. The Morgan fingerprint density at radius 3 is 1.71 bits per heavy atom. The van der Waals surface area contributed by atoms with Gasteiger partial charge >= 0.3 is 12.0 Å². The minimum absolute atomic E-state index is 0.0148. The molecule has 0 amide bonds. The Balaban J connectivity index is 2.25. The van der Waals surface area contributed by atoms with Crippen LogP contribution in [-0.2, 0) is 15.1 Å². The number of methoxy groups -OCH3 is 1. The molecule has 3 aromatic rings. The lowest BCUT2D eigenvalue weighted by molar-refractivity contribution is -0.143. The number of hydrogen-bond donors (Lipinski definition) is 1. The SMILES string of the molecule is [C-]#[N+]C(C#N)C[C@@H](NC(c1ccccc1)(c1ccccc1)c1ccccc1)C(=O)OC. The fraction of sp³-hybridized carbons (Fsp3) is 0.192. The monoisotopic (exact) mass is 409 g/mol. The van der Waals surface area contributed by atoms with E-state index in [0.717, 1.165) is 16.7 Å². The first-order valence-electron chi connectivity index (χ1n) is 9.94. The van der Waals surface area contributed by atoms with E-state index in [1.165, 1.54) is 7.11 Å². The Bertz CT molecular complexity index is 960. The molecule has 0 fully saturated rings. The van der Waals surface area contributed by atoms with E-state index in [-0.39, 0.29) is 6.42 Å². The molecule has 0 saturated heterocycles. The predicted octanol–water partition coefficient (Wildman–Crippen LogP) is 4.31. The normalized spacial score (nSPS) is 12.7. The summed E-state index contributed by atoms with van der Waals surface area (Å²) in [6.45, 7) is 7.30. The molecular formula is C26H23N3O2. The standard InChI is InChI=1S/C26H23N3O2/c1-28-23(19-27)18-24(25(30)31-2)29-26(20-12-6-3-7-13-20,21-14-8-4-9-15-21)22-16-10-5-11-17-22/h3-17,23-24,29H,18H2,2H3/t23?,24-/m1/s1. The van der Waals surface area contributed by atoms with Crippen LogP contribution in [0.15, 0.2) is 91.0 Å². The highest BCUT2D eigenvalue weighted by Crippen LogP contribution is 2.37. The number of nitriles is 1. The quantitative estimate of drug-likeness (QED) is 0.342. The van der Waals surface area contributed by atoms with E-state index in [9.17, 15) is 10.1 Å². The molecule has 0 aliphatic carbocycles. The molecule has 3 aromatic carbocycles. The summed E-state index contributed by atoms with van der Waals surface area (Å²) in [7, 11) is 1.31. The minimum atomic E-state index is -0.961. The van der Waals surface area contributed by atoms with Gasteiger partial charge in [-0.05, 0) is 16.7 Å². The largest absolute Gasteiger partial charge is 0.468 e. The maximum atomic E-state index is 12.8. The lowest BCUT2D eigenvalue weighted by Gasteiger charge is -2.39. The third-order valence-electron chi connectivity index (χ3n) is 5.26. The van der Waals surface area contributed by atoms with Crippen molar-refractivity contribution in [3.63, 3.8) is 0 Å². The molecule has 5 nitrogen and oxygen atoms in total. The van der Waals surface area contributed by atoms with Crippen molar-refractivity contribution < 1.29 is 9.53 Å². The van der Waals surface area contributed by atoms with Crippen molar-refractivity contribution in [2.45, 2.75) is 24.0 Å². The maximum absolute atomic E-state index is 12.8. The second-order valence-electron chi connectivity index (χ2n) is 7.08. The maximum Gasteiger partial charge on any atom is 0.323 e. The average Bonchev–Trinajstić information content (AvgIpc) is 2.85. The first-order chi connectivity index (χ1) is 15.2. The van der Waals surface area contributed by atoms with Gasteiger partial charge in [-0.1, -0.05) is 91.0 Å². The van der Waals surface area contributed by atoms with Crippen LogP contribution in [0.2, 0.25) is 0 Å². The number of hydrogen-bond acceptors (Lipinski definition) is 4. The smallest absolute Gasteiger partial charge is 0.323 e. The van der Waals surface area contributed by atoms with Crippen LogP contribution in [0.4, 0.5) is 0 Å². The molecule has 0 spiro atoms. The fourth-order valence-corrected chi connectivity index (χ4v) is 3.79. The molecule has 0 bridgehead atoms. The van der Waals surface area contributed by atoms with Gasteiger partial charge in [-0.25, -0.2) is 6.57 Å². The highest BCUT2D eigenvalue weighted by Gasteiger charge is 2.41. The Labute approximate surface area is 182 Å². The van der Waals surface area contributed by atoms with Gasteiger partial charge in [0.15, 0.2) is 6.07 Å². The van der Waals surface area contributed by atoms with Crippen LogP contribution in [0.5, 0.6) is 0 Å². The van der Waals surface area contributed by atoms with Crippen molar-refractivity contribution in [2.75, 3.05) is 7.11 Å². The van der Waals surface area contributed by atoms with Crippen LogP contribution in [0, 0.1) is 17.9 Å². The number of ether oxygens (including phenoxy) is 1. The minimum Gasteiger partial charge on any atom is -0.468 e. The highest BCUT2D eigenvalue weighted by atomic mass is 16.5. The predicted molar refractivity (Wildman–Crippen MR) is 119 cm³/mol. The van der Waals surface area contributed by atoms with Gasteiger partial charge in [-0.15, -0.1) is 0 Å². The molecule has 0 radical (unpaired) electrons. The van der Waals surface area contributed by atoms with Crippen molar-refractivity contribution >= 4 is 5.97 Å². The zero-order valence-corrected chi connectivity index (χ0v) is 17.2. The molecule has 0 aromatic heterocycles. The number of nitrogens with one attached hydrogen (secondary N) is 1. The summed E-state index contributed by atoms with van der Waals surface area (Å²) in [6.07, 6.45) is 0.0148. The molecule has 3 rings (SSSR count). The summed E-state index contributed by atoms with van der Waals surface area (Å²) in [5, 5.41) is 12.8. The molecule has 0 aliphatic heterocycles. The zero-order valence-electron chi connectivity index (χ0n) is 17.2. The first-order valence-corrected chi connectivity index (χ1v) is 9.94. The van der Waals surface area contributed by atoms with Crippen LogP contribution in [0.3, 0.4) is 0 Å². The van der Waals surface area contributed by atoms with Crippen LogP contribution >= 0.6 is 0 Å². The van der Waals surface area contributed by atoms with Gasteiger partial charge in [0.1, 0.15) is 6.04 Å². The topological polar surface area (TPSA) is 66.5 Å². The number of carbonyl (C=O) groups is 1. The molecule has 154 valence electrons. The molecule has 1 N–H and O–H groups in total. The molecule has 5 heteroatoms. The molecule has 0 heterocycles. The van der Waals surface area contributed by atoms with Gasteiger partial charge in [0.25, 0.3) is 0 Å². The number of rotatable bonds is 8. The Hall–Kier alpha value is -3.93. The Morgan fingerprint density at radius 2 is 1.39 bits per heavy atom. The van der Waals surface area contributed by atoms with E-state index in [1.807, 2.05) is 97.1 Å². The number of nitrogens with zero attached hydrogens (tertiary/aromatic N) is 2. The van der Waals surface area contributed by atoms with E-state index >= 15 is 0 Å². The second kappa shape index (κ2) is 10.2. The van der Waals surface area contributed by atoms with Crippen molar-refractivity contribution in [2.24, 2.45) is 0 Å². The van der Waals surface area contributed by atoms with Crippen LogP contribution in [-0.4, -0.2) is 25.2 Å². The second-order valence-corrected chi connectivity index (χ2v) is 7.08. The van der Waals surface area contributed by atoms with Gasteiger partial charge in [-0.3, -0.25) is 15.0 Å². The van der Waals surface area contributed by atoms with Crippen LogP contribution in [0.25, 0.3) is 4.85 Å². The molecule has 31 heavy (non-hydrogen) atoms. The van der Waals surface area contributed by atoms with Crippen molar-refractivity contribution in [1.29, 1.82) is 5.26 Å². The summed E-state index contributed by atoms with van der Waals surface area (Å²) < 4.78 is 5.04. The molecule has 0 saturated carbocycles. The van der Waals surface area contributed by atoms with Crippen molar-refractivity contribution in [3.8, 4) is 6.07 Å². The summed E-state index contributed by atoms with van der Waals surface area (Å²) in [5.41, 5.74) is 1.89. The van der Waals surface area contributed by atoms with Gasteiger partial charge in [0, 0.05) is 0 Å². The molecular weight excluding hydrogens is 386 g/mol. The summed E-state index contributed by atoms with van der Waals surface area (Å²) in [4.78, 5) is 16.1. The van der Waals surface area contributed by atoms with E-state index in [2.05, 4.69) is 10.2 Å². The Morgan fingerprint density at radius 1 is 0.968 bits per heavy atom. The first kappa shape index (κ1) is 21.8. The Kier molecular flexibility index (Phi) is 7.17. The number of carbonyl (C=O) groups excluding carboxylic acids is 1. The highest BCUT2D eigenvalue weighted by molar-refractivity contribution is 5.76. The van der Waals surface area contributed by atoms with E-state index in [1.54, 1.807) is 0 Å². The average molecular weight is 409 g/mol. The van der Waals surface area contributed by atoms with E-state index in [0.29, 0.717) is 0 Å². The van der Waals surface area contributed by atoms with Crippen molar-refractivity contribution in [1.82, 2.24) is 5.32 Å². The summed E-state index contributed by atoms with van der Waals surface area (Å²) >= 11 is 0. The van der Waals surface area contributed by atoms with Crippen LogP contribution in [0.1, 0.15) is 23.1 Å². The number of esters is 1. The molecule has 2 atom stereocenters. The lowest BCUT2D eigenvalue weighted by Crippen LogP contribution is -2.53. The number of benzene rings is 3. The zero-order chi connectivity index (χ0) is 22.1. The van der Waals surface area contributed by atoms with Crippen molar-refractivity contribution in [3.05, 3.63) is 119 Å². The molecule has 1 unspecified atom stereocenters. The van der Waals surface area contributed by atoms with Gasteiger partial charge in [-0.2, -0.15) is 5.26 Å². The summed E-state index contributed by atoms with van der Waals surface area (Å²) in [5.74, 6) is -0.518. The third kappa shape index (κ3) is 4.64. The van der Waals surface area contributed by atoms with E-state index < -0.39 is 23.6 Å². The van der Waals surface area contributed by atoms with Gasteiger partial charge < -0.3 is 4.74 Å². The third-order valence-corrected chi connectivity index (χ3v) is 5.26. The van der Waals surface area contributed by atoms with E-state index in [4.69, 9.17) is 11.3 Å².